The summed E-state index contributed by atoms with van der Waals surface area (Å²) >= 11 is 0. The van der Waals surface area contributed by atoms with E-state index >= 15 is 0 Å². The lowest BCUT2D eigenvalue weighted by molar-refractivity contribution is 0.100. The van der Waals surface area contributed by atoms with Crippen molar-refractivity contribution < 1.29 is 4.79 Å². The third-order valence-corrected chi connectivity index (χ3v) is 2.26. The minimum absolute atomic E-state index is 0.418. The minimum Gasteiger partial charge on any atom is -0.366 e. The van der Waals surface area contributed by atoms with Gasteiger partial charge in [-0.3, -0.25) is 4.79 Å². The molecule has 0 fully saturated rings. The summed E-state index contributed by atoms with van der Waals surface area (Å²) in [5.74, 6) is -0.418. The summed E-state index contributed by atoms with van der Waals surface area (Å²) in [6, 6.07) is 7.19. The molecule has 0 unspecified atom stereocenters. The molecule has 0 atom stereocenters. The van der Waals surface area contributed by atoms with Crippen LogP contribution < -0.4 is 5.73 Å². The summed E-state index contributed by atoms with van der Waals surface area (Å²) in [4.78, 5) is 15.0. The lowest BCUT2D eigenvalue weighted by Gasteiger charge is -2.03. The standard InChI is InChI=1S/C11H11N3O/c1-14-7-13-6-10(14)8-3-2-4-9(5-8)11(12)15/h2-7H,1H3,(H2,12,15). The largest absolute Gasteiger partial charge is 0.366 e. The molecule has 0 spiro atoms. The fraction of sp³-hybridized carbons (Fsp3) is 0.0909. The van der Waals surface area contributed by atoms with Gasteiger partial charge in [0.15, 0.2) is 0 Å². The lowest BCUT2D eigenvalue weighted by atomic mass is 10.1. The molecule has 0 aliphatic carbocycles. The average Bonchev–Trinajstić information content (AvgIpc) is 2.64. The quantitative estimate of drug-likeness (QED) is 0.793. The van der Waals surface area contributed by atoms with Crippen LogP contribution in [0.1, 0.15) is 10.4 Å². The van der Waals surface area contributed by atoms with Crippen molar-refractivity contribution in [1.82, 2.24) is 9.55 Å². The van der Waals surface area contributed by atoms with Crippen LogP contribution in [-0.4, -0.2) is 15.5 Å². The number of benzene rings is 1. The van der Waals surface area contributed by atoms with Gasteiger partial charge in [-0.05, 0) is 12.1 Å². The first kappa shape index (κ1) is 9.45. The molecule has 1 heterocycles. The van der Waals surface area contributed by atoms with Gasteiger partial charge in [-0.15, -0.1) is 0 Å². The third-order valence-electron chi connectivity index (χ3n) is 2.26. The van der Waals surface area contributed by atoms with Crippen LogP contribution in [0.5, 0.6) is 0 Å². The molecule has 1 amide bonds. The van der Waals surface area contributed by atoms with Crippen LogP contribution in [0.15, 0.2) is 36.8 Å². The van der Waals surface area contributed by atoms with Crippen molar-refractivity contribution in [3.05, 3.63) is 42.4 Å². The Kier molecular flexibility index (Phi) is 2.25. The Morgan fingerprint density at radius 3 is 2.87 bits per heavy atom. The van der Waals surface area contributed by atoms with Gasteiger partial charge < -0.3 is 10.3 Å². The highest BCUT2D eigenvalue weighted by Crippen LogP contribution is 2.18. The minimum atomic E-state index is -0.418. The molecule has 1 aromatic heterocycles. The van der Waals surface area contributed by atoms with Crippen LogP contribution in [0.25, 0.3) is 11.3 Å². The van der Waals surface area contributed by atoms with E-state index < -0.39 is 5.91 Å². The fourth-order valence-electron chi connectivity index (χ4n) is 1.47. The molecule has 4 nitrogen and oxygen atoms in total. The molecule has 0 radical (unpaired) electrons. The van der Waals surface area contributed by atoms with E-state index in [2.05, 4.69) is 4.98 Å². The number of nitrogens with two attached hydrogens (primary N) is 1. The number of primary amides is 1. The summed E-state index contributed by atoms with van der Waals surface area (Å²) in [6.45, 7) is 0. The fourth-order valence-corrected chi connectivity index (χ4v) is 1.47. The van der Waals surface area contributed by atoms with Gasteiger partial charge in [-0.1, -0.05) is 12.1 Å². The molecule has 0 bridgehead atoms. The lowest BCUT2D eigenvalue weighted by Crippen LogP contribution is -2.10. The monoisotopic (exact) mass is 201 g/mol. The van der Waals surface area contributed by atoms with E-state index in [0.29, 0.717) is 5.56 Å². The first-order valence-electron chi connectivity index (χ1n) is 4.55. The van der Waals surface area contributed by atoms with Crippen molar-refractivity contribution in [2.24, 2.45) is 12.8 Å². The van der Waals surface area contributed by atoms with Crippen LogP contribution in [0.4, 0.5) is 0 Å². The maximum absolute atomic E-state index is 11.0. The van der Waals surface area contributed by atoms with Crippen molar-refractivity contribution in [3.8, 4) is 11.3 Å². The molecule has 2 aromatic rings. The molecule has 2 rings (SSSR count). The second-order valence-electron chi connectivity index (χ2n) is 3.33. The topological polar surface area (TPSA) is 60.9 Å². The van der Waals surface area contributed by atoms with Gasteiger partial charge in [0, 0.05) is 18.2 Å². The molecule has 1 aromatic carbocycles. The van der Waals surface area contributed by atoms with E-state index in [9.17, 15) is 4.79 Å². The zero-order valence-corrected chi connectivity index (χ0v) is 8.34. The van der Waals surface area contributed by atoms with Gasteiger partial charge in [0.2, 0.25) is 5.91 Å². The Bertz CT molecular complexity index is 502. The normalized spacial score (nSPS) is 10.2. The third kappa shape index (κ3) is 1.74. The first-order chi connectivity index (χ1) is 7.18. The van der Waals surface area contributed by atoms with Crippen molar-refractivity contribution in [1.29, 1.82) is 0 Å². The molecule has 0 aliphatic rings. The molecule has 0 saturated carbocycles. The number of hydrogen-bond donors (Lipinski definition) is 1. The summed E-state index contributed by atoms with van der Waals surface area (Å²) in [5.41, 5.74) is 7.61. The maximum Gasteiger partial charge on any atom is 0.248 e. The van der Waals surface area contributed by atoms with Crippen LogP contribution in [0.2, 0.25) is 0 Å². The Labute approximate surface area is 87.4 Å². The molecule has 0 saturated heterocycles. The van der Waals surface area contributed by atoms with Gasteiger partial charge in [-0.2, -0.15) is 0 Å². The summed E-state index contributed by atoms with van der Waals surface area (Å²) in [5, 5.41) is 0. The average molecular weight is 201 g/mol. The summed E-state index contributed by atoms with van der Waals surface area (Å²) < 4.78 is 1.89. The van der Waals surface area contributed by atoms with Gasteiger partial charge >= 0.3 is 0 Å². The van der Waals surface area contributed by atoms with E-state index in [0.717, 1.165) is 11.3 Å². The smallest absolute Gasteiger partial charge is 0.248 e. The number of amides is 1. The van der Waals surface area contributed by atoms with E-state index in [1.807, 2.05) is 23.7 Å². The predicted molar refractivity (Wildman–Crippen MR) is 57.2 cm³/mol. The molecule has 4 heteroatoms. The Morgan fingerprint density at radius 2 is 2.27 bits per heavy atom. The molecule has 0 aliphatic heterocycles. The number of hydrogen-bond acceptors (Lipinski definition) is 2. The van der Waals surface area contributed by atoms with Gasteiger partial charge in [0.05, 0.1) is 18.2 Å². The maximum atomic E-state index is 11.0. The Morgan fingerprint density at radius 1 is 1.47 bits per heavy atom. The summed E-state index contributed by atoms with van der Waals surface area (Å²) in [6.07, 6.45) is 3.46. The van der Waals surface area contributed by atoms with E-state index in [1.165, 1.54) is 0 Å². The number of imidazole rings is 1. The van der Waals surface area contributed by atoms with Crippen molar-refractivity contribution in [2.45, 2.75) is 0 Å². The number of carbonyl (C=O) groups is 1. The highest BCUT2D eigenvalue weighted by Gasteiger charge is 2.05. The Balaban J connectivity index is 2.50. The first-order valence-corrected chi connectivity index (χ1v) is 4.55. The number of aromatic nitrogens is 2. The van der Waals surface area contributed by atoms with Gasteiger partial charge in [0.25, 0.3) is 0 Å². The number of aryl methyl sites for hydroxylation is 1. The van der Waals surface area contributed by atoms with Crippen molar-refractivity contribution in [3.63, 3.8) is 0 Å². The van der Waals surface area contributed by atoms with Crippen LogP contribution in [0, 0.1) is 0 Å². The molecule has 76 valence electrons. The summed E-state index contributed by atoms with van der Waals surface area (Å²) in [7, 11) is 1.90. The van der Waals surface area contributed by atoms with Crippen LogP contribution in [0.3, 0.4) is 0 Å². The number of rotatable bonds is 2. The SMILES string of the molecule is Cn1cncc1-c1cccc(C(N)=O)c1. The number of nitrogens with zero attached hydrogens (tertiary/aromatic N) is 2. The molecular weight excluding hydrogens is 190 g/mol. The second-order valence-corrected chi connectivity index (χ2v) is 3.33. The van der Waals surface area contributed by atoms with E-state index in [1.54, 1.807) is 24.7 Å². The van der Waals surface area contributed by atoms with E-state index in [-0.39, 0.29) is 0 Å². The zero-order valence-electron chi connectivity index (χ0n) is 8.34. The van der Waals surface area contributed by atoms with Crippen LogP contribution in [-0.2, 0) is 7.05 Å². The van der Waals surface area contributed by atoms with Crippen molar-refractivity contribution >= 4 is 5.91 Å². The van der Waals surface area contributed by atoms with Crippen LogP contribution >= 0.6 is 0 Å². The molecule has 15 heavy (non-hydrogen) atoms. The number of carbonyl (C=O) groups excluding carboxylic acids is 1. The second kappa shape index (κ2) is 3.57. The molecule has 2 N–H and O–H groups in total. The predicted octanol–water partition coefficient (Wildman–Crippen LogP) is 1.19. The highest BCUT2D eigenvalue weighted by molar-refractivity contribution is 5.93. The van der Waals surface area contributed by atoms with E-state index in [4.69, 9.17) is 5.73 Å². The zero-order chi connectivity index (χ0) is 10.8. The highest BCUT2D eigenvalue weighted by atomic mass is 16.1. The van der Waals surface area contributed by atoms with Gasteiger partial charge in [-0.25, -0.2) is 4.98 Å². The van der Waals surface area contributed by atoms with Gasteiger partial charge in [0.1, 0.15) is 0 Å². The molecular formula is C11H11N3O. The van der Waals surface area contributed by atoms with Crippen molar-refractivity contribution in [2.75, 3.05) is 0 Å². The Hall–Kier alpha value is -2.10.